The second kappa shape index (κ2) is 12.4. The topological polar surface area (TPSA) is 71.3 Å². The van der Waals surface area contributed by atoms with Gasteiger partial charge in [0.05, 0.1) is 16.9 Å². The van der Waals surface area contributed by atoms with Gasteiger partial charge >= 0.3 is 5.69 Å². The Labute approximate surface area is 262 Å². The summed E-state index contributed by atoms with van der Waals surface area (Å²) < 4.78 is 33.2. The molecule has 3 heterocycles. The van der Waals surface area contributed by atoms with Gasteiger partial charge in [-0.25, -0.2) is 13.6 Å². The highest BCUT2D eigenvalue weighted by atomic mass is 19.1. The van der Waals surface area contributed by atoms with Crippen LogP contribution in [0.2, 0.25) is 0 Å². The third-order valence-corrected chi connectivity index (χ3v) is 8.52. The lowest BCUT2D eigenvalue weighted by Gasteiger charge is -2.45. The molecule has 45 heavy (non-hydrogen) atoms. The highest BCUT2D eigenvalue weighted by Crippen LogP contribution is 2.38. The molecule has 234 valence electrons. The molecule has 1 fully saturated rings. The van der Waals surface area contributed by atoms with E-state index in [2.05, 4.69) is 23.1 Å². The van der Waals surface area contributed by atoms with Crippen LogP contribution in [0, 0.1) is 11.6 Å². The monoisotopic (exact) mass is 611 g/mol. The molecule has 2 aromatic carbocycles. The molecule has 5 rings (SSSR count). The fourth-order valence-corrected chi connectivity index (χ4v) is 6.50. The average Bonchev–Trinajstić information content (AvgIpc) is 2.99. The Balaban J connectivity index is 1.90. The van der Waals surface area contributed by atoms with E-state index in [-0.39, 0.29) is 41.0 Å². The number of carbonyl (C=O) groups excluding carboxylic acids is 1. The standard InChI is InChI=1S/C36H39F2N5O2/c1-9-24-12-11-13-28(37)32(24)26-17-30-27(16-29(26)38)35(42-22(7)18-41(19-23(42)8)31(44)10-2)40-36(45)43(30)34-25(20(3)4)14-15-39-33(34)21(5)6/h9-17,20-23H,1-2,18-19H2,3-8H3/t22-,23-/m0/s1. The molecule has 7 nitrogen and oxygen atoms in total. The molecule has 0 saturated carbocycles. The van der Waals surface area contributed by atoms with Crippen LogP contribution >= 0.6 is 0 Å². The normalized spacial score (nSPS) is 16.9. The SMILES string of the molecule is C=CC(=O)N1C[C@H](C)N(c2nc(=O)n(-c3c(C(C)C)ccnc3C(C)C)c3cc(-c4c(F)cccc4C=C)c(F)cc23)[C@@H](C)C1. The van der Waals surface area contributed by atoms with Crippen LogP contribution in [-0.4, -0.2) is 50.5 Å². The zero-order valence-electron chi connectivity index (χ0n) is 26.6. The fraction of sp³-hybridized carbons (Fsp3) is 0.333. The molecule has 2 aromatic heterocycles. The van der Waals surface area contributed by atoms with Gasteiger partial charge in [-0.2, -0.15) is 4.98 Å². The minimum Gasteiger partial charge on any atom is -0.347 e. The summed E-state index contributed by atoms with van der Waals surface area (Å²) in [6.07, 6.45) is 4.50. The Bertz CT molecular complexity index is 1840. The van der Waals surface area contributed by atoms with E-state index < -0.39 is 17.3 Å². The molecule has 1 aliphatic rings. The summed E-state index contributed by atoms with van der Waals surface area (Å²) in [5.41, 5.74) is 2.47. The van der Waals surface area contributed by atoms with E-state index in [1.54, 1.807) is 23.2 Å². The summed E-state index contributed by atoms with van der Waals surface area (Å²) in [5, 5.41) is 0.391. The first-order valence-electron chi connectivity index (χ1n) is 15.3. The van der Waals surface area contributed by atoms with Crippen LogP contribution in [-0.2, 0) is 4.79 Å². The van der Waals surface area contributed by atoms with Gasteiger partial charge in [0, 0.05) is 47.9 Å². The number of piperazine rings is 1. The van der Waals surface area contributed by atoms with Crippen molar-refractivity contribution in [2.24, 2.45) is 0 Å². The highest BCUT2D eigenvalue weighted by Gasteiger charge is 2.34. The number of nitrogens with zero attached hydrogens (tertiary/aromatic N) is 5. The van der Waals surface area contributed by atoms with Gasteiger partial charge in [-0.05, 0) is 67.2 Å². The van der Waals surface area contributed by atoms with Crippen LogP contribution < -0.4 is 10.6 Å². The van der Waals surface area contributed by atoms with Crippen molar-refractivity contribution in [2.75, 3.05) is 18.0 Å². The Hall–Kier alpha value is -4.66. The van der Waals surface area contributed by atoms with Gasteiger partial charge in [0.2, 0.25) is 5.91 Å². The highest BCUT2D eigenvalue weighted by molar-refractivity contribution is 5.95. The molecule has 0 radical (unpaired) electrons. The Kier molecular flexibility index (Phi) is 8.74. The lowest BCUT2D eigenvalue weighted by molar-refractivity contribution is -0.127. The summed E-state index contributed by atoms with van der Waals surface area (Å²) in [5.74, 6) is -1.17. The van der Waals surface area contributed by atoms with Crippen molar-refractivity contribution < 1.29 is 13.6 Å². The van der Waals surface area contributed by atoms with E-state index in [9.17, 15) is 9.59 Å². The van der Waals surface area contributed by atoms with E-state index in [0.29, 0.717) is 46.8 Å². The molecule has 1 aliphatic heterocycles. The Morgan fingerprint density at radius 1 is 1.00 bits per heavy atom. The molecule has 0 bridgehead atoms. The number of rotatable bonds is 7. The predicted octanol–water partition coefficient (Wildman–Crippen LogP) is 7.23. The molecule has 2 atom stereocenters. The van der Waals surface area contributed by atoms with Gasteiger partial charge in [-0.3, -0.25) is 14.3 Å². The minimum atomic E-state index is -0.663. The molecule has 1 amide bonds. The molecule has 9 heteroatoms. The minimum absolute atomic E-state index is 0.00406. The van der Waals surface area contributed by atoms with Crippen molar-refractivity contribution >= 4 is 28.7 Å². The van der Waals surface area contributed by atoms with E-state index >= 15 is 8.78 Å². The molecule has 4 aromatic rings. The largest absolute Gasteiger partial charge is 0.354 e. The van der Waals surface area contributed by atoms with Gasteiger partial charge in [0.15, 0.2) is 0 Å². The molecular formula is C36H39F2N5O2. The number of anilines is 1. The maximum atomic E-state index is 16.3. The lowest BCUT2D eigenvalue weighted by atomic mass is 9.95. The van der Waals surface area contributed by atoms with Crippen molar-refractivity contribution in [1.29, 1.82) is 0 Å². The van der Waals surface area contributed by atoms with Crippen molar-refractivity contribution in [3.8, 4) is 16.8 Å². The summed E-state index contributed by atoms with van der Waals surface area (Å²) in [7, 11) is 0. The number of halogens is 2. The number of aromatic nitrogens is 3. The first kappa shape index (κ1) is 31.8. The zero-order valence-corrected chi connectivity index (χ0v) is 26.6. The number of amides is 1. The van der Waals surface area contributed by atoms with Crippen molar-refractivity contribution in [1.82, 2.24) is 19.4 Å². The van der Waals surface area contributed by atoms with E-state index in [0.717, 1.165) is 5.56 Å². The quantitative estimate of drug-likeness (QED) is 0.206. The first-order chi connectivity index (χ1) is 21.4. The van der Waals surface area contributed by atoms with Gasteiger partial charge in [0.1, 0.15) is 17.5 Å². The number of carbonyl (C=O) groups is 1. The smallest absolute Gasteiger partial charge is 0.347 e. The summed E-state index contributed by atoms with van der Waals surface area (Å²) in [6, 6.07) is 8.75. The van der Waals surface area contributed by atoms with Crippen molar-refractivity contribution in [2.45, 2.75) is 65.5 Å². The summed E-state index contributed by atoms with van der Waals surface area (Å²) >= 11 is 0. The molecule has 0 spiro atoms. The van der Waals surface area contributed by atoms with Crippen molar-refractivity contribution in [3.05, 3.63) is 101 Å². The van der Waals surface area contributed by atoms with Gasteiger partial charge < -0.3 is 9.80 Å². The van der Waals surface area contributed by atoms with Crippen molar-refractivity contribution in [3.63, 3.8) is 0 Å². The van der Waals surface area contributed by atoms with Gasteiger partial charge in [0.25, 0.3) is 0 Å². The van der Waals surface area contributed by atoms with E-state index in [1.807, 2.05) is 52.5 Å². The summed E-state index contributed by atoms with van der Waals surface area (Å²) in [4.78, 5) is 39.8. The number of hydrogen-bond acceptors (Lipinski definition) is 5. The van der Waals surface area contributed by atoms with Crippen LogP contribution in [0.3, 0.4) is 0 Å². The molecule has 0 N–H and O–H groups in total. The van der Waals surface area contributed by atoms with Crippen LogP contribution in [0.4, 0.5) is 14.6 Å². The van der Waals surface area contributed by atoms with Crippen LogP contribution in [0.15, 0.2) is 66.6 Å². The van der Waals surface area contributed by atoms with Crippen LogP contribution in [0.1, 0.15) is 70.2 Å². The summed E-state index contributed by atoms with van der Waals surface area (Å²) in [6.45, 7) is 20.1. The number of pyridine rings is 1. The lowest BCUT2D eigenvalue weighted by Crippen LogP contribution is -2.58. The zero-order chi connectivity index (χ0) is 32.7. The van der Waals surface area contributed by atoms with Gasteiger partial charge in [-0.1, -0.05) is 59.1 Å². The van der Waals surface area contributed by atoms with Crippen LogP contribution in [0.25, 0.3) is 33.8 Å². The van der Waals surface area contributed by atoms with E-state index in [4.69, 9.17) is 0 Å². The molecule has 0 unspecified atom stereocenters. The second-order valence-corrected chi connectivity index (χ2v) is 12.3. The Morgan fingerprint density at radius 3 is 2.29 bits per heavy atom. The predicted molar refractivity (Wildman–Crippen MR) is 177 cm³/mol. The average molecular weight is 612 g/mol. The second-order valence-electron chi connectivity index (χ2n) is 12.3. The number of fused-ring (bicyclic) bond motifs is 1. The molecular weight excluding hydrogens is 572 g/mol. The van der Waals surface area contributed by atoms with E-state index in [1.165, 1.54) is 34.9 Å². The van der Waals surface area contributed by atoms with Crippen LogP contribution in [0.5, 0.6) is 0 Å². The third-order valence-electron chi connectivity index (χ3n) is 8.52. The maximum Gasteiger partial charge on any atom is 0.354 e. The third kappa shape index (κ3) is 5.56. The van der Waals surface area contributed by atoms with Gasteiger partial charge in [-0.15, -0.1) is 0 Å². The number of hydrogen-bond donors (Lipinski definition) is 0. The Morgan fingerprint density at radius 2 is 1.69 bits per heavy atom. The first-order valence-corrected chi connectivity index (χ1v) is 15.3. The molecule has 0 aliphatic carbocycles. The fourth-order valence-electron chi connectivity index (χ4n) is 6.50. The molecule has 1 saturated heterocycles. The number of benzene rings is 2. The maximum absolute atomic E-state index is 16.3.